The Morgan fingerprint density at radius 1 is 1.33 bits per heavy atom. The molecular formula is C20H17Cl2F3N4O4. The van der Waals surface area contributed by atoms with Crippen LogP contribution in [0.5, 0.6) is 0 Å². The van der Waals surface area contributed by atoms with E-state index in [0.29, 0.717) is 12.0 Å². The third kappa shape index (κ3) is 4.74. The molecule has 8 nitrogen and oxygen atoms in total. The van der Waals surface area contributed by atoms with E-state index in [2.05, 4.69) is 10.3 Å². The number of nitrogens with one attached hydrogen (secondary N) is 1. The van der Waals surface area contributed by atoms with Gasteiger partial charge in [0.05, 0.1) is 30.0 Å². The van der Waals surface area contributed by atoms with E-state index in [1.54, 1.807) is 0 Å². The number of halogens is 5. The van der Waals surface area contributed by atoms with Gasteiger partial charge in [-0.15, -0.1) is 11.6 Å². The molecular weight excluding hydrogens is 488 g/mol. The van der Waals surface area contributed by atoms with Crippen molar-refractivity contribution in [3.05, 3.63) is 47.3 Å². The van der Waals surface area contributed by atoms with Crippen LogP contribution >= 0.6 is 23.2 Å². The number of carbonyl (C=O) groups is 2. The summed E-state index contributed by atoms with van der Waals surface area (Å²) in [5.74, 6) is -0.489. The van der Waals surface area contributed by atoms with Gasteiger partial charge in [-0.2, -0.15) is 13.2 Å². The van der Waals surface area contributed by atoms with Crippen molar-refractivity contribution in [3.63, 3.8) is 0 Å². The van der Waals surface area contributed by atoms with Crippen molar-refractivity contribution < 1.29 is 31.9 Å². The second-order valence-corrected chi connectivity index (χ2v) is 8.04. The first-order valence-electron chi connectivity index (χ1n) is 9.79. The average molecular weight is 505 g/mol. The summed E-state index contributed by atoms with van der Waals surface area (Å²) in [5, 5.41) is 2.37. The first-order chi connectivity index (χ1) is 15.7. The zero-order chi connectivity index (χ0) is 23.8. The third-order valence-corrected chi connectivity index (χ3v) is 5.65. The van der Waals surface area contributed by atoms with Gasteiger partial charge in [-0.05, 0) is 18.6 Å². The maximum Gasteiger partial charge on any atom is 0.420 e. The number of ether oxygens (including phenoxy) is 1. The van der Waals surface area contributed by atoms with Gasteiger partial charge in [0.15, 0.2) is 11.3 Å². The fourth-order valence-electron chi connectivity index (χ4n) is 3.60. The highest BCUT2D eigenvalue weighted by Gasteiger charge is 2.37. The molecule has 3 aromatic rings. The number of aromatic nitrogens is 2. The Morgan fingerprint density at radius 2 is 2.12 bits per heavy atom. The number of likely N-dealkylation sites (tertiary alicyclic amines) is 1. The highest BCUT2D eigenvalue weighted by molar-refractivity contribution is 6.33. The van der Waals surface area contributed by atoms with Gasteiger partial charge < -0.3 is 19.4 Å². The third-order valence-electron chi connectivity index (χ3n) is 5.13. The largest absolute Gasteiger partial charge is 0.472 e. The number of hydrogen-bond acceptors (Lipinski definition) is 5. The van der Waals surface area contributed by atoms with Crippen LogP contribution in [0, 0.1) is 0 Å². The zero-order valence-corrected chi connectivity index (χ0v) is 18.4. The molecule has 33 heavy (non-hydrogen) atoms. The molecule has 4 heterocycles. The lowest BCUT2D eigenvalue weighted by Crippen LogP contribution is -2.39. The van der Waals surface area contributed by atoms with E-state index >= 15 is 0 Å². The highest BCUT2D eigenvalue weighted by Crippen LogP contribution is 2.37. The van der Waals surface area contributed by atoms with Crippen molar-refractivity contribution in [2.24, 2.45) is 0 Å². The Labute approximate surface area is 195 Å². The van der Waals surface area contributed by atoms with Gasteiger partial charge in [0.2, 0.25) is 0 Å². The van der Waals surface area contributed by atoms with Crippen LogP contribution < -0.4 is 5.32 Å². The average Bonchev–Trinajstić information content (AvgIpc) is 3.51. The standard InChI is InChI=1S/C20H17Cl2F3N4O4/c21-3-6-33-19(31)26-13-1-4-28(9-13)18(30)15-16(22)29-8-12(11-2-5-32-10-11)7-14(17(29)27-15)20(23,24)25/h2,5,7-8,10,13H,1,3-4,6,9H2,(H,26,31). The summed E-state index contributed by atoms with van der Waals surface area (Å²) >= 11 is 11.8. The molecule has 1 aliphatic heterocycles. The van der Waals surface area contributed by atoms with Crippen molar-refractivity contribution >= 4 is 40.8 Å². The molecule has 4 rings (SSSR count). The molecule has 0 saturated carbocycles. The van der Waals surface area contributed by atoms with Gasteiger partial charge in [-0.3, -0.25) is 9.20 Å². The fourth-order valence-corrected chi connectivity index (χ4v) is 3.93. The number of fused-ring (bicyclic) bond motifs is 1. The van der Waals surface area contributed by atoms with Crippen LogP contribution in [0.25, 0.3) is 16.8 Å². The molecule has 1 N–H and O–H groups in total. The smallest absolute Gasteiger partial charge is 0.420 e. The summed E-state index contributed by atoms with van der Waals surface area (Å²) in [5.41, 5.74) is -1.22. The van der Waals surface area contributed by atoms with Crippen molar-refractivity contribution in [3.8, 4) is 11.1 Å². The lowest BCUT2D eigenvalue weighted by Gasteiger charge is -2.16. The number of imidazole rings is 1. The van der Waals surface area contributed by atoms with Crippen molar-refractivity contribution in [1.29, 1.82) is 0 Å². The number of furan rings is 1. The van der Waals surface area contributed by atoms with Crippen LogP contribution in [0.4, 0.5) is 18.0 Å². The van der Waals surface area contributed by atoms with E-state index < -0.39 is 29.4 Å². The topological polar surface area (TPSA) is 89.1 Å². The molecule has 3 aromatic heterocycles. The Kier molecular flexibility index (Phi) is 6.44. The zero-order valence-electron chi connectivity index (χ0n) is 16.9. The number of alkyl carbamates (subject to hydrolysis) is 1. The summed E-state index contributed by atoms with van der Waals surface area (Å²) < 4.78 is 52.1. The van der Waals surface area contributed by atoms with Crippen LogP contribution in [0.3, 0.4) is 0 Å². The SMILES string of the molecule is O=C(NC1CCN(C(=O)c2nc3c(C(F)(F)F)cc(-c4ccoc4)cn3c2Cl)C1)OCCCl. The summed E-state index contributed by atoms with van der Waals surface area (Å²) in [7, 11) is 0. The first kappa shape index (κ1) is 23.2. The summed E-state index contributed by atoms with van der Waals surface area (Å²) in [6.07, 6.45) is -0.966. The van der Waals surface area contributed by atoms with Crippen LogP contribution in [0.2, 0.25) is 5.15 Å². The minimum Gasteiger partial charge on any atom is -0.472 e. The number of hydrogen-bond donors (Lipinski definition) is 1. The molecule has 1 atom stereocenters. The maximum absolute atomic E-state index is 13.8. The van der Waals surface area contributed by atoms with Crippen LogP contribution in [-0.4, -0.2) is 57.9 Å². The van der Waals surface area contributed by atoms with Gasteiger partial charge >= 0.3 is 12.3 Å². The molecule has 0 aromatic carbocycles. The Hall–Kier alpha value is -2.92. The second-order valence-electron chi connectivity index (χ2n) is 7.30. The number of rotatable bonds is 5. The molecule has 1 unspecified atom stereocenters. The Balaban J connectivity index is 1.63. The van der Waals surface area contributed by atoms with Crippen molar-refractivity contribution in [2.75, 3.05) is 25.6 Å². The quantitative estimate of drug-likeness (QED) is 0.518. The van der Waals surface area contributed by atoms with Crippen molar-refractivity contribution in [1.82, 2.24) is 19.6 Å². The molecule has 1 saturated heterocycles. The van der Waals surface area contributed by atoms with Gasteiger partial charge in [0, 0.05) is 30.4 Å². The molecule has 0 aliphatic carbocycles. The fraction of sp³-hybridized carbons (Fsp3) is 0.350. The second kappa shape index (κ2) is 9.14. The number of pyridine rings is 1. The van der Waals surface area contributed by atoms with Crippen molar-refractivity contribution in [2.45, 2.75) is 18.6 Å². The Bertz CT molecular complexity index is 1180. The molecule has 2 amide bonds. The summed E-state index contributed by atoms with van der Waals surface area (Å²) in [6.45, 7) is 0.434. The molecule has 0 bridgehead atoms. The predicted octanol–water partition coefficient (Wildman–Crippen LogP) is 4.45. The summed E-state index contributed by atoms with van der Waals surface area (Å²) in [6, 6.07) is 2.05. The monoisotopic (exact) mass is 504 g/mol. The van der Waals surface area contributed by atoms with Crippen LogP contribution in [0.1, 0.15) is 22.5 Å². The van der Waals surface area contributed by atoms with E-state index in [9.17, 15) is 22.8 Å². The minimum atomic E-state index is -4.73. The molecule has 1 fully saturated rings. The molecule has 0 spiro atoms. The van der Waals surface area contributed by atoms with Gasteiger partial charge in [0.25, 0.3) is 5.91 Å². The van der Waals surface area contributed by atoms with Crippen LogP contribution in [0.15, 0.2) is 35.3 Å². The van der Waals surface area contributed by atoms with Gasteiger partial charge in [-0.1, -0.05) is 11.6 Å². The normalized spacial score (nSPS) is 16.4. The van der Waals surface area contributed by atoms with Gasteiger partial charge in [-0.25, -0.2) is 9.78 Å². The molecule has 176 valence electrons. The maximum atomic E-state index is 13.8. The summed E-state index contributed by atoms with van der Waals surface area (Å²) in [4.78, 5) is 30.0. The van der Waals surface area contributed by atoms with E-state index in [1.165, 1.54) is 29.7 Å². The number of alkyl halides is 4. The molecule has 1 aliphatic rings. The highest BCUT2D eigenvalue weighted by atomic mass is 35.5. The number of amides is 2. The van der Waals surface area contributed by atoms with E-state index in [-0.39, 0.29) is 48.0 Å². The van der Waals surface area contributed by atoms with E-state index in [4.69, 9.17) is 32.4 Å². The van der Waals surface area contributed by atoms with E-state index in [0.717, 1.165) is 10.5 Å². The number of nitrogens with zero attached hydrogens (tertiary/aromatic N) is 3. The first-order valence-corrected chi connectivity index (χ1v) is 10.7. The lowest BCUT2D eigenvalue weighted by atomic mass is 10.1. The van der Waals surface area contributed by atoms with Gasteiger partial charge in [0.1, 0.15) is 11.8 Å². The minimum absolute atomic E-state index is 0.0436. The Morgan fingerprint density at radius 3 is 2.79 bits per heavy atom. The predicted molar refractivity (Wildman–Crippen MR) is 112 cm³/mol. The lowest BCUT2D eigenvalue weighted by molar-refractivity contribution is -0.136. The van der Waals surface area contributed by atoms with E-state index in [1.807, 2.05) is 0 Å². The molecule has 0 radical (unpaired) electrons. The molecule has 13 heteroatoms. The number of carbonyl (C=O) groups excluding carboxylic acids is 2. The van der Waals surface area contributed by atoms with Crippen LogP contribution in [-0.2, 0) is 10.9 Å².